The number of nitrogens with zero attached hydrogens (tertiary/aromatic N) is 2. The zero-order valence-electron chi connectivity index (χ0n) is 8.35. The molecule has 1 aromatic heterocycles. The Hall–Kier alpha value is -2.89. The molecule has 0 spiro atoms. The number of aromatic amines is 2. The summed E-state index contributed by atoms with van der Waals surface area (Å²) in [6, 6.07) is 1.60. The number of nitriles is 1. The van der Waals surface area contributed by atoms with E-state index in [1.165, 1.54) is 0 Å². The van der Waals surface area contributed by atoms with E-state index in [2.05, 4.69) is 5.10 Å². The van der Waals surface area contributed by atoms with Crippen LogP contribution in [0.25, 0.3) is 0 Å². The first-order valence-corrected chi connectivity index (χ1v) is 4.29. The van der Waals surface area contributed by atoms with E-state index >= 15 is 0 Å². The number of hydrogen-bond acceptors (Lipinski definition) is 6. The number of amides is 1. The Morgan fingerprint density at radius 2 is 2.24 bits per heavy atom. The van der Waals surface area contributed by atoms with Gasteiger partial charge < -0.3 is 5.11 Å². The van der Waals surface area contributed by atoms with E-state index < -0.39 is 23.0 Å². The van der Waals surface area contributed by atoms with Gasteiger partial charge in [-0.15, -0.1) is 0 Å². The van der Waals surface area contributed by atoms with Gasteiger partial charge in [-0.25, -0.2) is 10.2 Å². The van der Waals surface area contributed by atoms with Crippen LogP contribution in [-0.4, -0.2) is 27.2 Å². The first-order valence-electron chi connectivity index (χ1n) is 4.29. The van der Waals surface area contributed by atoms with Crippen molar-refractivity contribution in [1.82, 2.24) is 15.4 Å². The Morgan fingerprint density at radius 1 is 1.53 bits per heavy atom. The van der Waals surface area contributed by atoms with Gasteiger partial charge in [0.2, 0.25) is 5.88 Å². The Morgan fingerprint density at radius 3 is 2.82 bits per heavy atom. The van der Waals surface area contributed by atoms with Gasteiger partial charge in [0.05, 0.1) is 12.3 Å². The Balaban J connectivity index is 2.87. The third-order valence-electron chi connectivity index (χ3n) is 1.58. The maximum atomic E-state index is 11.2. The molecule has 0 fully saturated rings. The van der Waals surface area contributed by atoms with Crippen molar-refractivity contribution in [1.29, 1.82) is 5.26 Å². The third kappa shape index (κ3) is 3.31. The molecule has 17 heavy (non-hydrogen) atoms. The summed E-state index contributed by atoms with van der Waals surface area (Å²) in [5.74, 6) is -1.33. The fourth-order valence-electron chi connectivity index (χ4n) is 0.884. The molecule has 0 radical (unpaired) electrons. The molecule has 9 heteroatoms. The SMILES string of the molecule is N#CCC(=O)N/N=C/c1c(O)[nH]c(=O)[nH]c1=O. The van der Waals surface area contributed by atoms with Gasteiger partial charge in [0.25, 0.3) is 11.5 Å². The Bertz CT molecular complexity index is 606. The largest absolute Gasteiger partial charge is 0.494 e. The molecule has 1 aromatic rings. The average molecular weight is 237 g/mol. The minimum atomic E-state index is -0.863. The minimum Gasteiger partial charge on any atom is -0.494 e. The first-order chi connectivity index (χ1) is 8.04. The maximum absolute atomic E-state index is 11.2. The van der Waals surface area contributed by atoms with E-state index in [0.717, 1.165) is 6.21 Å². The van der Waals surface area contributed by atoms with Crippen molar-refractivity contribution < 1.29 is 9.90 Å². The molecular formula is C8H7N5O4. The van der Waals surface area contributed by atoms with E-state index in [9.17, 15) is 19.5 Å². The lowest BCUT2D eigenvalue weighted by molar-refractivity contribution is -0.120. The van der Waals surface area contributed by atoms with Gasteiger partial charge in [-0.3, -0.25) is 19.6 Å². The number of rotatable bonds is 3. The monoisotopic (exact) mass is 237 g/mol. The second-order valence-corrected chi connectivity index (χ2v) is 2.80. The summed E-state index contributed by atoms with van der Waals surface area (Å²) in [7, 11) is 0. The molecule has 0 aliphatic rings. The number of aromatic nitrogens is 2. The van der Waals surface area contributed by atoms with Crippen LogP contribution in [0.2, 0.25) is 0 Å². The van der Waals surface area contributed by atoms with Crippen molar-refractivity contribution in [3.8, 4) is 11.9 Å². The van der Waals surface area contributed by atoms with Crippen LogP contribution in [0.4, 0.5) is 0 Å². The normalized spacial score (nSPS) is 10.1. The summed E-state index contributed by atoms with van der Waals surface area (Å²) in [4.78, 5) is 36.5. The molecule has 0 unspecified atom stereocenters. The molecule has 1 amide bonds. The predicted molar refractivity (Wildman–Crippen MR) is 55.3 cm³/mol. The lowest BCUT2D eigenvalue weighted by Gasteiger charge is -1.96. The summed E-state index contributed by atoms with van der Waals surface area (Å²) in [5.41, 5.74) is -0.0842. The van der Waals surface area contributed by atoms with Gasteiger partial charge in [0.1, 0.15) is 12.0 Å². The number of nitrogens with one attached hydrogen (secondary N) is 3. The minimum absolute atomic E-state index is 0.318. The van der Waals surface area contributed by atoms with Gasteiger partial charge in [-0.1, -0.05) is 0 Å². The average Bonchev–Trinajstić information content (AvgIpc) is 2.22. The van der Waals surface area contributed by atoms with E-state index in [-0.39, 0.29) is 12.0 Å². The van der Waals surface area contributed by atoms with Gasteiger partial charge in [0, 0.05) is 0 Å². The molecule has 0 aliphatic carbocycles. The highest BCUT2D eigenvalue weighted by Gasteiger charge is 2.05. The van der Waals surface area contributed by atoms with Gasteiger partial charge in [0.15, 0.2) is 0 Å². The van der Waals surface area contributed by atoms with Crippen molar-refractivity contribution in [2.45, 2.75) is 6.42 Å². The lowest BCUT2D eigenvalue weighted by atomic mass is 10.3. The highest BCUT2D eigenvalue weighted by molar-refractivity contribution is 5.84. The van der Waals surface area contributed by atoms with Crippen LogP contribution in [0.3, 0.4) is 0 Å². The Labute approximate surface area is 93.4 Å². The van der Waals surface area contributed by atoms with Gasteiger partial charge in [-0.2, -0.15) is 10.4 Å². The summed E-state index contributed by atoms with van der Waals surface area (Å²) >= 11 is 0. The summed E-state index contributed by atoms with van der Waals surface area (Å²) in [6.45, 7) is 0. The smallest absolute Gasteiger partial charge is 0.328 e. The van der Waals surface area contributed by atoms with Crippen molar-refractivity contribution in [2.24, 2.45) is 5.10 Å². The van der Waals surface area contributed by atoms with Crippen molar-refractivity contribution >= 4 is 12.1 Å². The second-order valence-electron chi connectivity index (χ2n) is 2.80. The number of H-pyrrole nitrogens is 2. The van der Waals surface area contributed by atoms with Crippen LogP contribution in [0.15, 0.2) is 14.7 Å². The van der Waals surface area contributed by atoms with Crippen LogP contribution in [0, 0.1) is 11.3 Å². The van der Waals surface area contributed by atoms with E-state index in [1.54, 1.807) is 6.07 Å². The summed E-state index contributed by atoms with van der Waals surface area (Å²) < 4.78 is 0. The van der Waals surface area contributed by atoms with E-state index in [0.29, 0.717) is 0 Å². The molecule has 4 N–H and O–H groups in total. The number of aromatic hydroxyl groups is 1. The van der Waals surface area contributed by atoms with Crippen molar-refractivity contribution in [2.75, 3.05) is 0 Å². The molecule has 1 rings (SSSR count). The maximum Gasteiger partial charge on any atom is 0.328 e. The van der Waals surface area contributed by atoms with Crippen LogP contribution in [0.5, 0.6) is 5.88 Å². The van der Waals surface area contributed by atoms with Crippen molar-refractivity contribution in [3.05, 3.63) is 26.4 Å². The number of hydrazone groups is 1. The quantitative estimate of drug-likeness (QED) is 0.358. The molecule has 0 bridgehead atoms. The molecule has 0 aromatic carbocycles. The molecule has 0 atom stereocenters. The number of carbonyl (C=O) groups is 1. The lowest BCUT2D eigenvalue weighted by Crippen LogP contribution is -2.25. The topological polar surface area (TPSA) is 151 Å². The van der Waals surface area contributed by atoms with Crippen LogP contribution < -0.4 is 16.7 Å². The molecule has 88 valence electrons. The van der Waals surface area contributed by atoms with E-state index in [4.69, 9.17) is 5.26 Å². The highest BCUT2D eigenvalue weighted by atomic mass is 16.3. The molecule has 1 heterocycles. The fraction of sp³-hybridized carbons (Fsp3) is 0.125. The summed E-state index contributed by atoms with van der Waals surface area (Å²) in [5, 5.41) is 20.7. The zero-order valence-corrected chi connectivity index (χ0v) is 8.35. The van der Waals surface area contributed by atoms with Gasteiger partial charge in [-0.05, 0) is 0 Å². The van der Waals surface area contributed by atoms with Crippen LogP contribution >= 0.6 is 0 Å². The fourth-order valence-corrected chi connectivity index (χ4v) is 0.884. The number of hydrogen-bond donors (Lipinski definition) is 4. The zero-order chi connectivity index (χ0) is 12.8. The molecular weight excluding hydrogens is 230 g/mol. The van der Waals surface area contributed by atoms with Crippen LogP contribution in [0.1, 0.15) is 12.0 Å². The Kier molecular flexibility index (Phi) is 3.77. The summed E-state index contributed by atoms with van der Waals surface area (Å²) in [6.07, 6.45) is 0.463. The first kappa shape index (κ1) is 12.2. The highest BCUT2D eigenvalue weighted by Crippen LogP contribution is 2.00. The third-order valence-corrected chi connectivity index (χ3v) is 1.58. The van der Waals surface area contributed by atoms with Crippen LogP contribution in [-0.2, 0) is 4.79 Å². The molecule has 0 aliphatic heterocycles. The van der Waals surface area contributed by atoms with Crippen molar-refractivity contribution in [3.63, 3.8) is 0 Å². The standard InChI is InChI=1S/C8H7N5O4/c9-2-1-5(14)13-10-3-4-6(15)11-8(17)12-7(4)16/h3H,1H2,(H,13,14)(H3,11,12,15,16,17)/b10-3+. The molecule has 0 saturated carbocycles. The molecule has 9 nitrogen and oxygen atoms in total. The van der Waals surface area contributed by atoms with Gasteiger partial charge >= 0.3 is 5.69 Å². The number of carbonyl (C=O) groups excluding carboxylic acids is 1. The molecule has 0 saturated heterocycles. The predicted octanol–water partition coefficient (Wildman–Crippen LogP) is -1.87. The van der Waals surface area contributed by atoms with E-state index in [1.807, 2.05) is 15.4 Å². The second kappa shape index (κ2) is 5.26.